The number of benzene rings is 1. The molecule has 2 N–H and O–H groups in total. The van der Waals surface area contributed by atoms with E-state index in [-0.39, 0.29) is 5.91 Å². The molecule has 1 heterocycles. The van der Waals surface area contributed by atoms with Crippen molar-refractivity contribution in [2.45, 2.75) is 13.8 Å². The molecule has 0 saturated heterocycles. The highest BCUT2D eigenvalue weighted by Crippen LogP contribution is 2.21. The van der Waals surface area contributed by atoms with Crippen LogP contribution >= 0.6 is 0 Å². The first kappa shape index (κ1) is 17.5. The first-order chi connectivity index (χ1) is 11.7. The predicted molar refractivity (Wildman–Crippen MR) is 100 cm³/mol. The summed E-state index contributed by atoms with van der Waals surface area (Å²) in [6.07, 6.45) is 4.89. The van der Waals surface area contributed by atoms with Gasteiger partial charge in [0.05, 0.1) is 17.4 Å². The lowest BCUT2D eigenvalue weighted by Crippen LogP contribution is -2.23. The summed E-state index contributed by atoms with van der Waals surface area (Å²) >= 11 is 0. The highest BCUT2D eigenvalue weighted by Gasteiger charge is 2.06. The van der Waals surface area contributed by atoms with Crippen LogP contribution in [-0.4, -0.2) is 30.5 Å². The van der Waals surface area contributed by atoms with Crippen molar-refractivity contribution >= 4 is 23.0 Å². The lowest BCUT2D eigenvalue weighted by Gasteiger charge is -2.21. The number of hydrogen-bond donors (Lipinski definition) is 2. The van der Waals surface area contributed by atoms with Crippen molar-refractivity contribution in [2.24, 2.45) is 0 Å². The Balaban J connectivity index is 2.08. The van der Waals surface area contributed by atoms with Crippen molar-refractivity contribution in [3.8, 4) is 0 Å². The molecule has 2 aromatic rings. The van der Waals surface area contributed by atoms with E-state index in [0.717, 1.165) is 24.5 Å². The minimum Gasteiger partial charge on any atom is -0.372 e. The van der Waals surface area contributed by atoms with Gasteiger partial charge in [0.25, 0.3) is 5.91 Å². The molecule has 0 aliphatic rings. The summed E-state index contributed by atoms with van der Waals surface area (Å²) in [5.41, 5.74) is 3.44. The summed E-state index contributed by atoms with van der Waals surface area (Å²) in [5, 5.41) is 6.02. The van der Waals surface area contributed by atoms with Gasteiger partial charge in [0, 0.05) is 37.2 Å². The molecule has 1 aromatic carbocycles. The maximum Gasteiger partial charge on any atom is 0.253 e. The molecule has 5 nitrogen and oxygen atoms in total. The Morgan fingerprint density at radius 3 is 2.50 bits per heavy atom. The molecule has 126 valence electrons. The molecule has 5 heteroatoms. The molecule has 1 aromatic heterocycles. The minimum absolute atomic E-state index is 0.164. The van der Waals surface area contributed by atoms with E-state index < -0.39 is 0 Å². The van der Waals surface area contributed by atoms with E-state index >= 15 is 0 Å². The van der Waals surface area contributed by atoms with E-state index in [2.05, 4.69) is 53.1 Å². The molecular formula is C19H24N4O. The molecule has 0 atom stereocenters. The Bertz CT molecular complexity index is 678. The SMILES string of the molecule is C=CCNC(=O)c1cncc(Nc2ccc(N(CC)CC)cc2)c1. The van der Waals surface area contributed by atoms with E-state index in [1.165, 1.54) is 5.69 Å². The van der Waals surface area contributed by atoms with Crippen LogP contribution in [0.25, 0.3) is 0 Å². The van der Waals surface area contributed by atoms with Gasteiger partial charge in [0.1, 0.15) is 0 Å². The van der Waals surface area contributed by atoms with Crippen molar-refractivity contribution in [3.05, 3.63) is 60.9 Å². The quantitative estimate of drug-likeness (QED) is 0.729. The number of anilines is 3. The van der Waals surface area contributed by atoms with Crippen molar-refractivity contribution in [1.82, 2.24) is 10.3 Å². The third-order valence-corrected chi connectivity index (χ3v) is 3.69. The molecule has 24 heavy (non-hydrogen) atoms. The molecule has 0 aliphatic heterocycles. The lowest BCUT2D eigenvalue weighted by molar-refractivity contribution is 0.0957. The van der Waals surface area contributed by atoms with Crippen LogP contribution in [0.15, 0.2) is 55.4 Å². The van der Waals surface area contributed by atoms with Gasteiger partial charge in [-0.15, -0.1) is 6.58 Å². The fourth-order valence-electron chi connectivity index (χ4n) is 2.41. The van der Waals surface area contributed by atoms with Crippen LogP contribution in [0.1, 0.15) is 24.2 Å². The standard InChI is InChI=1S/C19H24N4O/c1-4-11-21-19(24)15-12-17(14-20-13-15)22-16-7-9-18(10-8-16)23(5-2)6-3/h4,7-10,12-14,22H,1,5-6,11H2,2-3H3,(H,21,24). The van der Waals surface area contributed by atoms with Crippen LogP contribution in [0.5, 0.6) is 0 Å². The smallest absolute Gasteiger partial charge is 0.253 e. The summed E-state index contributed by atoms with van der Waals surface area (Å²) in [6, 6.07) is 10.0. The third-order valence-electron chi connectivity index (χ3n) is 3.69. The number of pyridine rings is 1. The van der Waals surface area contributed by atoms with Gasteiger partial charge in [-0.3, -0.25) is 9.78 Å². The van der Waals surface area contributed by atoms with Gasteiger partial charge in [-0.2, -0.15) is 0 Å². The predicted octanol–water partition coefficient (Wildman–Crippen LogP) is 3.59. The topological polar surface area (TPSA) is 57.3 Å². The summed E-state index contributed by atoms with van der Waals surface area (Å²) in [4.78, 5) is 18.4. The number of nitrogens with zero attached hydrogens (tertiary/aromatic N) is 2. The fraction of sp³-hybridized carbons (Fsp3) is 0.263. The molecule has 0 spiro atoms. The number of carbonyl (C=O) groups is 1. The molecule has 2 rings (SSSR count). The van der Waals surface area contributed by atoms with E-state index in [0.29, 0.717) is 12.1 Å². The normalized spacial score (nSPS) is 10.1. The van der Waals surface area contributed by atoms with Crippen LogP contribution in [0, 0.1) is 0 Å². The van der Waals surface area contributed by atoms with Crippen molar-refractivity contribution in [3.63, 3.8) is 0 Å². The maximum atomic E-state index is 12.0. The first-order valence-corrected chi connectivity index (χ1v) is 8.14. The number of hydrogen-bond acceptors (Lipinski definition) is 4. The maximum absolute atomic E-state index is 12.0. The Morgan fingerprint density at radius 1 is 1.17 bits per heavy atom. The zero-order valence-electron chi connectivity index (χ0n) is 14.2. The van der Waals surface area contributed by atoms with Crippen molar-refractivity contribution in [1.29, 1.82) is 0 Å². The Morgan fingerprint density at radius 2 is 1.88 bits per heavy atom. The number of amides is 1. The number of rotatable bonds is 8. The van der Waals surface area contributed by atoms with Gasteiger partial charge < -0.3 is 15.5 Å². The molecule has 0 bridgehead atoms. The van der Waals surface area contributed by atoms with Gasteiger partial charge in [0.2, 0.25) is 0 Å². The van der Waals surface area contributed by atoms with Crippen molar-refractivity contribution < 1.29 is 4.79 Å². The second-order valence-corrected chi connectivity index (χ2v) is 5.31. The Kier molecular flexibility index (Phi) is 6.37. The molecule has 0 radical (unpaired) electrons. The van der Waals surface area contributed by atoms with E-state index in [4.69, 9.17) is 0 Å². The Labute approximate surface area is 143 Å². The first-order valence-electron chi connectivity index (χ1n) is 8.14. The second kappa shape index (κ2) is 8.72. The van der Waals surface area contributed by atoms with E-state index in [1.807, 2.05) is 12.1 Å². The second-order valence-electron chi connectivity index (χ2n) is 5.31. The van der Waals surface area contributed by atoms with Crippen molar-refractivity contribution in [2.75, 3.05) is 29.9 Å². The summed E-state index contributed by atoms with van der Waals surface area (Å²) < 4.78 is 0. The number of nitrogens with one attached hydrogen (secondary N) is 2. The van der Waals surface area contributed by atoms with Gasteiger partial charge >= 0.3 is 0 Å². The molecule has 1 amide bonds. The van der Waals surface area contributed by atoms with Gasteiger partial charge in [-0.25, -0.2) is 0 Å². The molecule has 0 unspecified atom stereocenters. The van der Waals surface area contributed by atoms with Gasteiger partial charge in [-0.1, -0.05) is 6.08 Å². The largest absolute Gasteiger partial charge is 0.372 e. The zero-order chi connectivity index (χ0) is 17.4. The summed E-state index contributed by atoms with van der Waals surface area (Å²) in [6.45, 7) is 10.3. The Hall–Kier alpha value is -2.82. The molecule has 0 aliphatic carbocycles. The molecule has 0 saturated carbocycles. The fourth-order valence-corrected chi connectivity index (χ4v) is 2.41. The highest BCUT2D eigenvalue weighted by atomic mass is 16.1. The molecule has 0 fully saturated rings. The third kappa shape index (κ3) is 4.59. The summed E-state index contributed by atoms with van der Waals surface area (Å²) in [5.74, 6) is -0.164. The van der Waals surface area contributed by atoms with E-state index in [1.54, 1.807) is 24.5 Å². The monoisotopic (exact) mass is 324 g/mol. The average molecular weight is 324 g/mol. The minimum atomic E-state index is -0.164. The van der Waals surface area contributed by atoms with Crippen LogP contribution in [0.2, 0.25) is 0 Å². The van der Waals surface area contributed by atoms with Crippen LogP contribution in [0.3, 0.4) is 0 Å². The van der Waals surface area contributed by atoms with Crippen LogP contribution < -0.4 is 15.5 Å². The number of aromatic nitrogens is 1. The lowest BCUT2D eigenvalue weighted by atomic mass is 10.2. The zero-order valence-corrected chi connectivity index (χ0v) is 14.2. The van der Waals surface area contributed by atoms with E-state index in [9.17, 15) is 4.79 Å². The molecular weight excluding hydrogens is 300 g/mol. The van der Waals surface area contributed by atoms with Crippen LogP contribution in [-0.2, 0) is 0 Å². The number of carbonyl (C=O) groups excluding carboxylic acids is 1. The highest BCUT2D eigenvalue weighted by molar-refractivity contribution is 5.94. The summed E-state index contributed by atoms with van der Waals surface area (Å²) in [7, 11) is 0. The van der Waals surface area contributed by atoms with Gasteiger partial charge in [0.15, 0.2) is 0 Å². The van der Waals surface area contributed by atoms with Crippen LogP contribution in [0.4, 0.5) is 17.1 Å². The van der Waals surface area contributed by atoms with Gasteiger partial charge in [-0.05, 0) is 44.2 Å². The average Bonchev–Trinajstić information content (AvgIpc) is 2.62.